The minimum atomic E-state index is -1.33. The van der Waals surface area contributed by atoms with Crippen LogP contribution in [0.15, 0.2) is 23.2 Å². The Kier molecular flexibility index (Phi) is 2.20. The molecule has 2 nitrogen and oxygen atoms in total. The van der Waals surface area contributed by atoms with Gasteiger partial charge < -0.3 is 9.54 Å². The summed E-state index contributed by atoms with van der Waals surface area (Å²) in [5.41, 5.74) is 0.0650. The molecule has 0 radical (unpaired) electrons. The van der Waals surface area contributed by atoms with Crippen LogP contribution in [0.25, 0.3) is 10.9 Å². The summed E-state index contributed by atoms with van der Waals surface area (Å²) in [6, 6.07) is 2.55. The van der Waals surface area contributed by atoms with Crippen LogP contribution in [0.1, 0.15) is 0 Å². The SMILES string of the molecule is C[S+]([O-])c1cc(F)c(F)c2[nH]ccc12. The molecular formula is C9H7F2NOS. The van der Waals surface area contributed by atoms with Gasteiger partial charge in [-0.1, -0.05) is 0 Å². The Labute approximate surface area is 82.1 Å². The van der Waals surface area contributed by atoms with E-state index in [1.807, 2.05) is 0 Å². The summed E-state index contributed by atoms with van der Waals surface area (Å²) in [5, 5.41) is 0.463. The number of hydrogen-bond acceptors (Lipinski definition) is 1. The van der Waals surface area contributed by atoms with E-state index in [2.05, 4.69) is 4.98 Å². The van der Waals surface area contributed by atoms with Gasteiger partial charge in [-0.3, -0.25) is 0 Å². The molecule has 0 saturated heterocycles. The van der Waals surface area contributed by atoms with Crippen LogP contribution in [0.4, 0.5) is 8.78 Å². The number of halogens is 2. The van der Waals surface area contributed by atoms with E-state index in [4.69, 9.17) is 0 Å². The molecule has 0 amide bonds. The predicted molar refractivity (Wildman–Crippen MR) is 50.5 cm³/mol. The van der Waals surface area contributed by atoms with Gasteiger partial charge in [0.15, 0.2) is 16.5 Å². The van der Waals surface area contributed by atoms with Crippen molar-refractivity contribution in [1.29, 1.82) is 0 Å². The molecular weight excluding hydrogens is 208 g/mol. The first-order chi connectivity index (χ1) is 6.61. The maximum atomic E-state index is 13.2. The van der Waals surface area contributed by atoms with Gasteiger partial charge in [-0.15, -0.1) is 0 Å². The summed E-state index contributed by atoms with van der Waals surface area (Å²) in [6.45, 7) is 0. The molecule has 1 heterocycles. The Morgan fingerprint density at radius 2 is 2.14 bits per heavy atom. The summed E-state index contributed by atoms with van der Waals surface area (Å²) in [6.07, 6.45) is 2.92. The van der Waals surface area contributed by atoms with E-state index < -0.39 is 22.8 Å². The molecule has 0 fully saturated rings. The topological polar surface area (TPSA) is 38.8 Å². The van der Waals surface area contributed by atoms with E-state index in [9.17, 15) is 13.3 Å². The quantitative estimate of drug-likeness (QED) is 0.727. The van der Waals surface area contributed by atoms with Gasteiger partial charge in [-0.25, -0.2) is 8.78 Å². The molecule has 1 N–H and O–H groups in total. The van der Waals surface area contributed by atoms with Crippen molar-refractivity contribution in [3.63, 3.8) is 0 Å². The lowest BCUT2D eigenvalue weighted by Gasteiger charge is -2.06. The first kappa shape index (κ1) is 9.48. The molecule has 2 aromatic rings. The largest absolute Gasteiger partial charge is 0.612 e. The Bertz CT molecular complexity index is 481. The molecule has 74 valence electrons. The molecule has 14 heavy (non-hydrogen) atoms. The average molecular weight is 215 g/mol. The summed E-state index contributed by atoms with van der Waals surface area (Å²) >= 11 is -1.33. The average Bonchev–Trinajstić information content (AvgIpc) is 2.59. The minimum Gasteiger partial charge on any atom is -0.612 e. The molecule has 0 aliphatic heterocycles. The predicted octanol–water partition coefficient (Wildman–Crippen LogP) is 2.18. The Morgan fingerprint density at radius 1 is 1.43 bits per heavy atom. The van der Waals surface area contributed by atoms with Crippen molar-refractivity contribution in [3.8, 4) is 0 Å². The van der Waals surface area contributed by atoms with E-state index in [0.29, 0.717) is 10.3 Å². The highest BCUT2D eigenvalue weighted by molar-refractivity contribution is 7.91. The molecule has 1 aromatic heterocycles. The number of benzene rings is 1. The van der Waals surface area contributed by atoms with Gasteiger partial charge in [-0.05, 0) is 17.2 Å². The lowest BCUT2D eigenvalue weighted by molar-refractivity contribution is 0.512. The number of aromatic amines is 1. The van der Waals surface area contributed by atoms with Crippen LogP contribution in [-0.4, -0.2) is 15.8 Å². The highest BCUT2D eigenvalue weighted by Crippen LogP contribution is 2.26. The van der Waals surface area contributed by atoms with Crippen LogP contribution < -0.4 is 0 Å². The van der Waals surface area contributed by atoms with Crippen LogP contribution in [0.2, 0.25) is 0 Å². The van der Waals surface area contributed by atoms with Gasteiger partial charge in [0, 0.05) is 12.3 Å². The van der Waals surface area contributed by atoms with Gasteiger partial charge in [0.1, 0.15) is 6.26 Å². The molecule has 0 saturated carbocycles. The fraction of sp³-hybridized carbons (Fsp3) is 0.111. The van der Waals surface area contributed by atoms with E-state index in [1.54, 1.807) is 6.07 Å². The maximum absolute atomic E-state index is 13.2. The van der Waals surface area contributed by atoms with Crippen LogP contribution in [0.5, 0.6) is 0 Å². The summed E-state index contributed by atoms with van der Waals surface area (Å²) < 4.78 is 37.4. The second-order valence-corrected chi connectivity index (χ2v) is 4.24. The molecule has 0 aliphatic carbocycles. The van der Waals surface area contributed by atoms with E-state index in [-0.39, 0.29) is 5.52 Å². The van der Waals surface area contributed by atoms with Gasteiger partial charge in [0.25, 0.3) is 0 Å². The summed E-state index contributed by atoms with van der Waals surface area (Å²) in [4.78, 5) is 2.88. The highest BCUT2D eigenvalue weighted by atomic mass is 32.2. The lowest BCUT2D eigenvalue weighted by Crippen LogP contribution is -2.00. The van der Waals surface area contributed by atoms with Crippen molar-refractivity contribution in [2.24, 2.45) is 0 Å². The second-order valence-electron chi connectivity index (χ2n) is 2.89. The fourth-order valence-electron chi connectivity index (χ4n) is 1.37. The zero-order valence-corrected chi connectivity index (χ0v) is 8.12. The molecule has 5 heteroatoms. The third-order valence-corrected chi connectivity index (χ3v) is 2.97. The normalized spacial score (nSPS) is 13.4. The van der Waals surface area contributed by atoms with Crippen LogP contribution in [-0.2, 0) is 11.2 Å². The van der Waals surface area contributed by atoms with Crippen molar-refractivity contribution in [3.05, 3.63) is 30.0 Å². The van der Waals surface area contributed by atoms with Crippen molar-refractivity contribution in [2.45, 2.75) is 4.90 Å². The van der Waals surface area contributed by atoms with Crippen molar-refractivity contribution in [2.75, 3.05) is 6.26 Å². The van der Waals surface area contributed by atoms with E-state index >= 15 is 0 Å². The molecule has 1 atom stereocenters. The van der Waals surface area contributed by atoms with Crippen LogP contribution in [0, 0.1) is 11.6 Å². The number of rotatable bonds is 1. The Hall–Kier alpha value is -1.07. The molecule has 2 rings (SSSR count). The number of fused-ring (bicyclic) bond motifs is 1. The van der Waals surface area contributed by atoms with Gasteiger partial charge in [0.2, 0.25) is 0 Å². The van der Waals surface area contributed by atoms with Crippen molar-refractivity contribution in [1.82, 2.24) is 4.98 Å². The van der Waals surface area contributed by atoms with Crippen molar-refractivity contribution >= 4 is 22.1 Å². The first-order valence-electron chi connectivity index (χ1n) is 3.90. The number of aromatic nitrogens is 1. The number of hydrogen-bond donors (Lipinski definition) is 1. The zero-order chi connectivity index (χ0) is 10.3. The van der Waals surface area contributed by atoms with Gasteiger partial charge >= 0.3 is 0 Å². The van der Waals surface area contributed by atoms with Crippen LogP contribution in [0.3, 0.4) is 0 Å². The highest BCUT2D eigenvalue weighted by Gasteiger charge is 2.18. The standard InChI is InChI=1S/C9H7F2NOS/c1-14(13)7-4-6(10)8(11)9-5(7)2-3-12-9/h2-4,12H,1H3. The number of H-pyrrole nitrogens is 1. The molecule has 0 bridgehead atoms. The van der Waals surface area contributed by atoms with E-state index in [1.165, 1.54) is 12.5 Å². The van der Waals surface area contributed by atoms with Gasteiger partial charge in [0.05, 0.1) is 10.9 Å². The number of nitrogens with one attached hydrogen (secondary N) is 1. The molecule has 0 spiro atoms. The second kappa shape index (κ2) is 3.25. The monoisotopic (exact) mass is 215 g/mol. The van der Waals surface area contributed by atoms with E-state index in [0.717, 1.165) is 6.07 Å². The zero-order valence-electron chi connectivity index (χ0n) is 7.30. The third kappa shape index (κ3) is 1.29. The summed E-state index contributed by atoms with van der Waals surface area (Å²) in [5.74, 6) is -1.91. The van der Waals surface area contributed by atoms with Crippen LogP contribution >= 0.6 is 0 Å². The molecule has 0 aliphatic rings. The van der Waals surface area contributed by atoms with Gasteiger partial charge in [-0.2, -0.15) is 0 Å². The lowest BCUT2D eigenvalue weighted by atomic mass is 10.2. The fourth-order valence-corrected chi connectivity index (χ4v) is 2.12. The Morgan fingerprint density at radius 3 is 2.79 bits per heavy atom. The maximum Gasteiger partial charge on any atom is 0.183 e. The van der Waals surface area contributed by atoms with Crippen molar-refractivity contribution < 1.29 is 13.3 Å². The Balaban J connectivity index is 2.84. The smallest absolute Gasteiger partial charge is 0.183 e. The third-order valence-electron chi connectivity index (χ3n) is 2.01. The molecule has 1 aromatic carbocycles. The minimum absolute atomic E-state index is 0.0650. The molecule has 1 unspecified atom stereocenters. The first-order valence-corrected chi connectivity index (χ1v) is 5.45. The summed E-state index contributed by atoms with van der Waals surface area (Å²) in [7, 11) is 0.